The van der Waals surface area contributed by atoms with Gasteiger partial charge in [0.25, 0.3) is 5.91 Å². The predicted octanol–water partition coefficient (Wildman–Crippen LogP) is 2.51. The van der Waals surface area contributed by atoms with E-state index in [0.717, 1.165) is 31.9 Å². The average molecular weight is 464 g/mol. The first kappa shape index (κ1) is 22.0. The maximum Gasteiger partial charge on any atom is 0.419 e. The molecule has 0 N–H and O–H groups in total. The molecule has 2 aromatic rings. The lowest BCUT2D eigenvalue weighted by Crippen LogP contribution is -2.54. The number of carbonyl (C=O) groups excluding carboxylic acids is 1. The average Bonchev–Trinajstić information content (AvgIpc) is 3.28. The maximum absolute atomic E-state index is 13.3. The molecule has 0 bridgehead atoms. The van der Waals surface area contributed by atoms with Gasteiger partial charge < -0.3 is 14.5 Å². The zero-order valence-corrected chi connectivity index (χ0v) is 18.3. The van der Waals surface area contributed by atoms with Crippen molar-refractivity contribution in [2.45, 2.75) is 38.0 Å². The van der Waals surface area contributed by atoms with E-state index >= 15 is 0 Å². The predicted molar refractivity (Wildman–Crippen MR) is 114 cm³/mol. The molecule has 5 heterocycles. The van der Waals surface area contributed by atoms with E-state index in [2.05, 4.69) is 15.0 Å². The standard InChI is InChI=1S/C22H27F3N6O2/c23-22(24,25)17-3-1-6-26-20(17)29-12-10-28(11-13-29)16-4-8-30(9-5-16)21(32)18-15-19-31(27-18)7-2-14-33-19/h1,3,6,15-16H,2,4-5,7-14H2. The highest BCUT2D eigenvalue weighted by molar-refractivity contribution is 5.92. The summed E-state index contributed by atoms with van der Waals surface area (Å²) in [5.74, 6) is 0.592. The van der Waals surface area contributed by atoms with E-state index in [4.69, 9.17) is 4.74 Å². The second-order valence-electron chi connectivity index (χ2n) is 8.71. The maximum atomic E-state index is 13.3. The lowest BCUT2D eigenvalue weighted by molar-refractivity contribution is -0.137. The molecule has 33 heavy (non-hydrogen) atoms. The number of rotatable bonds is 3. The summed E-state index contributed by atoms with van der Waals surface area (Å²) in [6.45, 7) is 5.06. The van der Waals surface area contributed by atoms with Crippen molar-refractivity contribution in [1.82, 2.24) is 24.6 Å². The third kappa shape index (κ3) is 4.50. The fourth-order valence-corrected chi connectivity index (χ4v) is 4.94. The number of hydrogen-bond acceptors (Lipinski definition) is 6. The van der Waals surface area contributed by atoms with Crippen LogP contribution in [-0.2, 0) is 12.7 Å². The van der Waals surface area contributed by atoms with Crippen molar-refractivity contribution in [2.24, 2.45) is 0 Å². The number of alkyl halides is 3. The third-order valence-electron chi connectivity index (χ3n) is 6.70. The molecule has 178 valence electrons. The highest BCUT2D eigenvalue weighted by atomic mass is 19.4. The summed E-state index contributed by atoms with van der Waals surface area (Å²) in [5.41, 5.74) is -0.258. The van der Waals surface area contributed by atoms with Crippen molar-refractivity contribution in [3.63, 3.8) is 0 Å². The number of halogens is 3. The largest absolute Gasteiger partial charge is 0.478 e. The number of aryl methyl sites for hydroxylation is 1. The van der Waals surface area contributed by atoms with Crippen LogP contribution >= 0.6 is 0 Å². The Bertz CT molecular complexity index is 971. The summed E-state index contributed by atoms with van der Waals surface area (Å²) in [4.78, 5) is 22.8. The molecule has 0 atom stereocenters. The van der Waals surface area contributed by atoms with Gasteiger partial charge in [-0.05, 0) is 25.0 Å². The third-order valence-corrected chi connectivity index (χ3v) is 6.70. The van der Waals surface area contributed by atoms with Crippen LogP contribution < -0.4 is 9.64 Å². The minimum absolute atomic E-state index is 0.0109. The van der Waals surface area contributed by atoms with E-state index in [9.17, 15) is 18.0 Å². The molecule has 3 aliphatic heterocycles. The van der Waals surface area contributed by atoms with Crippen molar-refractivity contribution in [3.8, 4) is 5.88 Å². The molecule has 2 fully saturated rings. The molecule has 0 saturated carbocycles. The van der Waals surface area contributed by atoms with Gasteiger partial charge in [-0.25, -0.2) is 9.67 Å². The Morgan fingerprint density at radius 2 is 1.82 bits per heavy atom. The Balaban J connectivity index is 1.15. The molecule has 11 heteroatoms. The molecule has 0 aromatic carbocycles. The van der Waals surface area contributed by atoms with E-state index in [1.54, 1.807) is 15.6 Å². The molecule has 2 aromatic heterocycles. The van der Waals surface area contributed by atoms with Crippen LogP contribution in [0, 0.1) is 0 Å². The molecular weight excluding hydrogens is 437 g/mol. The van der Waals surface area contributed by atoms with Crippen LogP contribution in [0.25, 0.3) is 0 Å². The number of ether oxygens (including phenoxy) is 1. The molecule has 8 nitrogen and oxygen atoms in total. The molecule has 0 aliphatic carbocycles. The fraction of sp³-hybridized carbons (Fsp3) is 0.591. The molecule has 0 radical (unpaired) electrons. The fourth-order valence-electron chi connectivity index (χ4n) is 4.94. The molecular formula is C22H27F3N6O2. The molecule has 5 rings (SSSR count). The molecule has 0 spiro atoms. The number of carbonyl (C=O) groups is 1. The summed E-state index contributed by atoms with van der Waals surface area (Å²) >= 11 is 0. The summed E-state index contributed by atoms with van der Waals surface area (Å²) in [6.07, 6.45) is -0.438. The zero-order chi connectivity index (χ0) is 23.0. The summed E-state index contributed by atoms with van der Waals surface area (Å²) < 4.78 is 47.3. The number of pyridine rings is 1. The second-order valence-corrected chi connectivity index (χ2v) is 8.71. The Morgan fingerprint density at radius 3 is 2.52 bits per heavy atom. The van der Waals surface area contributed by atoms with Crippen LogP contribution in [0.5, 0.6) is 5.88 Å². The number of amides is 1. The van der Waals surface area contributed by atoms with Crippen molar-refractivity contribution in [3.05, 3.63) is 35.7 Å². The quantitative estimate of drug-likeness (QED) is 0.696. The number of piperidine rings is 1. The lowest BCUT2D eigenvalue weighted by atomic mass is 10.0. The van der Waals surface area contributed by atoms with Gasteiger partial charge in [0.2, 0.25) is 5.88 Å². The van der Waals surface area contributed by atoms with Gasteiger partial charge in [0.15, 0.2) is 5.69 Å². The van der Waals surface area contributed by atoms with Crippen molar-refractivity contribution in [2.75, 3.05) is 50.8 Å². The lowest BCUT2D eigenvalue weighted by Gasteiger charge is -2.43. The highest BCUT2D eigenvalue weighted by Crippen LogP contribution is 2.35. The van der Waals surface area contributed by atoms with E-state index in [0.29, 0.717) is 63.5 Å². The van der Waals surface area contributed by atoms with Gasteiger partial charge in [0.1, 0.15) is 5.82 Å². The van der Waals surface area contributed by atoms with E-state index < -0.39 is 11.7 Å². The minimum atomic E-state index is -4.42. The first-order chi connectivity index (χ1) is 15.9. The number of anilines is 1. The van der Waals surface area contributed by atoms with Gasteiger partial charge in [-0.2, -0.15) is 18.3 Å². The molecule has 1 amide bonds. The number of hydrogen-bond donors (Lipinski definition) is 0. The molecule has 0 unspecified atom stereocenters. The minimum Gasteiger partial charge on any atom is -0.478 e. The van der Waals surface area contributed by atoms with Crippen molar-refractivity contribution in [1.29, 1.82) is 0 Å². The topological polar surface area (TPSA) is 66.7 Å². The first-order valence-corrected chi connectivity index (χ1v) is 11.4. The summed E-state index contributed by atoms with van der Waals surface area (Å²) in [5, 5.41) is 4.39. The Morgan fingerprint density at radius 1 is 1.06 bits per heavy atom. The Hall–Kier alpha value is -2.82. The van der Waals surface area contributed by atoms with E-state index in [1.165, 1.54) is 12.3 Å². The van der Waals surface area contributed by atoms with Gasteiger partial charge in [-0.15, -0.1) is 0 Å². The van der Waals surface area contributed by atoms with Crippen molar-refractivity contribution < 1.29 is 22.7 Å². The first-order valence-electron chi connectivity index (χ1n) is 11.4. The van der Waals surface area contributed by atoms with Crippen molar-refractivity contribution >= 4 is 11.7 Å². The van der Waals surface area contributed by atoms with Gasteiger partial charge in [-0.1, -0.05) is 0 Å². The second kappa shape index (κ2) is 8.85. The van der Waals surface area contributed by atoms with E-state index in [1.807, 2.05) is 4.90 Å². The van der Waals surface area contributed by atoms with Crippen LogP contribution in [0.2, 0.25) is 0 Å². The summed E-state index contributed by atoms with van der Waals surface area (Å²) in [7, 11) is 0. The van der Waals surface area contributed by atoms with Crippen LogP contribution in [0.3, 0.4) is 0 Å². The van der Waals surface area contributed by atoms with Gasteiger partial charge in [0.05, 0.1) is 12.2 Å². The summed E-state index contributed by atoms with van der Waals surface area (Å²) in [6, 6.07) is 4.45. The van der Waals surface area contributed by atoms with Gasteiger partial charge in [0, 0.05) is 70.5 Å². The number of fused-ring (bicyclic) bond motifs is 1. The smallest absolute Gasteiger partial charge is 0.419 e. The van der Waals surface area contributed by atoms with E-state index in [-0.39, 0.29) is 11.7 Å². The molecule has 3 aliphatic rings. The number of aromatic nitrogens is 3. The van der Waals surface area contributed by atoms with Crippen LogP contribution in [-0.4, -0.2) is 82.4 Å². The highest BCUT2D eigenvalue weighted by Gasteiger charge is 2.37. The normalized spacial score (nSPS) is 20.5. The van der Waals surface area contributed by atoms with Crippen LogP contribution in [0.15, 0.2) is 24.4 Å². The Labute approximate surface area is 189 Å². The Kier molecular flexibility index (Phi) is 5.90. The monoisotopic (exact) mass is 464 g/mol. The van der Waals surface area contributed by atoms with Crippen LogP contribution in [0.4, 0.5) is 19.0 Å². The zero-order valence-electron chi connectivity index (χ0n) is 18.3. The molecule has 2 saturated heterocycles. The van der Waals surface area contributed by atoms with Gasteiger partial charge in [-0.3, -0.25) is 9.69 Å². The number of nitrogens with zero attached hydrogens (tertiary/aromatic N) is 6. The van der Waals surface area contributed by atoms with Crippen LogP contribution in [0.1, 0.15) is 35.3 Å². The SMILES string of the molecule is O=C(c1cc2n(n1)CCCO2)N1CCC(N2CCN(c3ncccc3C(F)(F)F)CC2)CC1. The number of piperazine rings is 1. The van der Waals surface area contributed by atoms with Gasteiger partial charge >= 0.3 is 6.18 Å². The number of likely N-dealkylation sites (tertiary alicyclic amines) is 1.